The van der Waals surface area contributed by atoms with Crippen molar-refractivity contribution in [1.29, 1.82) is 0 Å². The van der Waals surface area contributed by atoms with Crippen molar-refractivity contribution in [3.05, 3.63) is 60.4 Å². The minimum Gasteiger partial charge on any atom is -0.460 e. The fourth-order valence-corrected chi connectivity index (χ4v) is 5.25. The van der Waals surface area contributed by atoms with E-state index in [1.54, 1.807) is 0 Å². The van der Waals surface area contributed by atoms with Gasteiger partial charge in [-0.15, -0.1) is 0 Å². The fraction of sp³-hybridized carbons (Fsp3) is 0.222. The van der Waals surface area contributed by atoms with Crippen LogP contribution in [0, 0.1) is 0 Å². The average molecular weight is 329 g/mol. The Morgan fingerprint density at radius 1 is 1.00 bits per heavy atom. The first-order valence-electron chi connectivity index (χ1n) is 7.40. The SMILES string of the molecule is C[Si](C)(C)c1cccc2oc(CS(=O)c3ccccc3)cc12. The van der Waals surface area contributed by atoms with Gasteiger partial charge in [0.1, 0.15) is 11.3 Å². The molecule has 0 fully saturated rings. The van der Waals surface area contributed by atoms with E-state index in [2.05, 4.69) is 37.8 Å². The summed E-state index contributed by atoms with van der Waals surface area (Å²) in [6.45, 7) is 6.99. The van der Waals surface area contributed by atoms with E-state index < -0.39 is 18.9 Å². The summed E-state index contributed by atoms with van der Waals surface area (Å²) >= 11 is 0. The van der Waals surface area contributed by atoms with Gasteiger partial charge in [-0.05, 0) is 29.5 Å². The Bertz CT molecular complexity index is 816. The molecule has 3 rings (SSSR count). The van der Waals surface area contributed by atoms with Gasteiger partial charge in [0.2, 0.25) is 0 Å². The molecule has 0 amide bonds. The predicted molar refractivity (Wildman–Crippen MR) is 95.7 cm³/mol. The van der Waals surface area contributed by atoms with Crippen LogP contribution in [0.3, 0.4) is 0 Å². The first kappa shape index (κ1) is 15.3. The summed E-state index contributed by atoms with van der Waals surface area (Å²) in [6, 6.07) is 17.9. The number of benzene rings is 2. The maximum atomic E-state index is 12.4. The molecule has 3 aromatic rings. The number of hydrogen-bond donors (Lipinski definition) is 0. The van der Waals surface area contributed by atoms with Crippen LogP contribution in [0.4, 0.5) is 0 Å². The average Bonchev–Trinajstić information content (AvgIpc) is 2.89. The first-order valence-corrected chi connectivity index (χ1v) is 12.2. The molecule has 0 spiro atoms. The van der Waals surface area contributed by atoms with Gasteiger partial charge in [-0.1, -0.05) is 50.0 Å². The van der Waals surface area contributed by atoms with E-state index in [9.17, 15) is 4.21 Å². The molecule has 0 bridgehead atoms. The summed E-state index contributed by atoms with van der Waals surface area (Å²) in [5, 5.41) is 2.58. The predicted octanol–water partition coefficient (Wildman–Crippen LogP) is 4.29. The van der Waals surface area contributed by atoms with E-state index >= 15 is 0 Å². The molecule has 114 valence electrons. The van der Waals surface area contributed by atoms with Crippen molar-refractivity contribution in [2.45, 2.75) is 30.3 Å². The van der Waals surface area contributed by atoms with Crippen LogP contribution in [0.25, 0.3) is 11.0 Å². The van der Waals surface area contributed by atoms with E-state index in [1.165, 1.54) is 10.6 Å². The van der Waals surface area contributed by atoms with Gasteiger partial charge < -0.3 is 4.42 Å². The zero-order valence-corrected chi connectivity index (χ0v) is 14.9. The Morgan fingerprint density at radius 2 is 1.73 bits per heavy atom. The van der Waals surface area contributed by atoms with Crippen molar-refractivity contribution in [2.75, 3.05) is 0 Å². The highest BCUT2D eigenvalue weighted by molar-refractivity contribution is 7.84. The van der Waals surface area contributed by atoms with Crippen LogP contribution in [-0.2, 0) is 16.6 Å². The molecular weight excluding hydrogens is 308 g/mol. The zero-order valence-electron chi connectivity index (χ0n) is 13.1. The minimum absolute atomic E-state index is 0.420. The minimum atomic E-state index is -1.42. The molecule has 1 aromatic heterocycles. The zero-order chi connectivity index (χ0) is 15.7. The number of furan rings is 1. The lowest BCUT2D eigenvalue weighted by molar-refractivity contribution is 0.570. The van der Waals surface area contributed by atoms with E-state index in [4.69, 9.17) is 4.42 Å². The Balaban J connectivity index is 1.95. The van der Waals surface area contributed by atoms with E-state index in [1.807, 2.05) is 36.4 Å². The molecule has 0 N–H and O–H groups in total. The van der Waals surface area contributed by atoms with Crippen LogP contribution in [0.1, 0.15) is 5.76 Å². The van der Waals surface area contributed by atoms with Gasteiger partial charge in [-0.2, -0.15) is 0 Å². The van der Waals surface area contributed by atoms with E-state index in [0.29, 0.717) is 5.75 Å². The standard InChI is InChI=1S/C18H20O2SSi/c1-22(2,3)18-11-7-10-17-16(18)12-14(20-17)13-21(19)15-8-5-4-6-9-15/h4-12H,13H2,1-3H3. The smallest absolute Gasteiger partial charge is 0.134 e. The van der Waals surface area contributed by atoms with Crippen molar-refractivity contribution < 1.29 is 8.63 Å². The third-order valence-electron chi connectivity index (χ3n) is 3.70. The molecule has 0 saturated carbocycles. The maximum Gasteiger partial charge on any atom is 0.134 e. The van der Waals surface area contributed by atoms with Crippen LogP contribution >= 0.6 is 0 Å². The summed E-state index contributed by atoms with van der Waals surface area (Å²) in [6.07, 6.45) is 0. The second-order valence-electron chi connectivity index (χ2n) is 6.48. The lowest BCUT2D eigenvalue weighted by Gasteiger charge is -2.16. The second kappa shape index (κ2) is 5.86. The lowest BCUT2D eigenvalue weighted by Crippen LogP contribution is -2.37. The molecule has 1 heterocycles. The van der Waals surface area contributed by atoms with Crippen molar-refractivity contribution in [3.63, 3.8) is 0 Å². The summed E-state index contributed by atoms with van der Waals surface area (Å²) < 4.78 is 18.4. The van der Waals surface area contributed by atoms with Crippen LogP contribution in [0.15, 0.2) is 63.9 Å². The molecule has 1 unspecified atom stereocenters. The Kier molecular flexibility index (Phi) is 4.06. The van der Waals surface area contributed by atoms with Crippen LogP contribution in [-0.4, -0.2) is 12.3 Å². The van der Waals surface area contributed by atoms with Gasteiger partial charge in [-0.3, -0.25) is 4.21 Å². The van der Waals surface area contributed by atoms with Crippen molar-refractivity contribution in [1.82, 2.24) is 0 Å². The van der Waals surface area contributed by atoms with Gasteiger partial charge in [0, 0.05) is 10.3 Å². The summed E-state index contributed by atoms with van der Waals surface area (Å²) in [4.78, 5) is 0.841. The molecule has 0 radical (unpaired) electrons. The topological polar surface area (TPSA) is 30.2 Å². The first-order chi connectivity index (χ1) is 10.4. The van der Waals surface area contributed by atoms with Crippen molar-refractivity contribution >= 4 is 35.0 Å². The second-order valence-corrected chi connectivity index (χ2v) is 13.0. The lowest BCUT2D eigenvalue weighted by atomic mass is 10.2. The maximum absolute atomic E-state index is 12.4. The monoisotopic (exact) mass is 328 g/mol. The third kappa shape index (κ3) is 3.08. The van der Waals surface area contributed by atoms with Gasteiger partial charge >= 0.3 is 0 Å². The van der Waals surface area contributed by atoms with Gasteiger partial charge in [-0.25, -0.2) is 0 Å². The van der Waals surface area contributed by atoms with E-state index in [-0.39, 0.29) is 0 Å². The largest absolute Gasteiger partial charge is 0.460 e. The van der Waals surface area contributed by atoms with Crippen LogP contribution < -0.4 is 5.19 Å². The normalized spacial score (nSPS) is 13.4. The summed E-state index contributed by atoms with van der Waals surface area (Å²) in [5.41, 5.74) is 0.903. The van der Waals surface area contributed by atoms with Crippen molar-refractivity contribution in [2.24, 2.45) is 0 Å². The number of rotatable bonds is 4. The molecule has 0 aliphatic rings. The Morgan fingerprint density at radius 3 is 2.41 bits per heavy atom. The molecule has 2 aromatic carbocycles. The quantitative estimate of drug-likeness (QED) is 0.669. The molecule has 0 saturated heterocycles. The van der Waals surface area contributed by atoms with Gasteiger partial charge in [0.25, 0.3) is 0 Å². The van der Waals surface area contributed by atoms with Gasteiger partial charge in [0.15, 0.2) is 0 Å². The number of hydrogen-bond acceptors (Lipinski definition) is 2. The third-order valence-corrected chi connectivity index (χ3v) is 7.10. The van der Waals surface area contributed by atoms with Gasteiger partial charge in [0.05, 0.1) is 24.6 Å². The Hall–Kier alpha value is -1.65. The highest BCUT2D eigenvalue weighted by Gasteiger charge is 2.21. The highest BCUT2D eigenvalue weighted by Crippen LogP contribution is 2.22. The molecule has 1 atom stereocenters. The van der Waals surface area contributed by atoms with Crippen molar-refractivity contribution in [3.8, 4) is 0 Å². The molecule has 0 aliphatic heterocycles. The van der Waals surface area contributed by atoms with E-state index in [0.717, 1.165) is 16.2 Å². The number of fused-ring (bicyclic) bond motifs is 1. The molecule has 4 heteroatoms. The Labute approximate surface area is 134 Å². The molecule has 22 heavy (non-hydrogen) atoms. The van der Waals surface area contributed by atoms with Crippen LogP contribution in [0.2, 0.25) is 19.6 Å². The summed E-state index contributed by atoms with van der Waals surface area (Å²) in [7, 11) is -2.50. The van der Waals surface area contributed by atoms with Crippen LogP contribution in [0.5, 0.6) is 0 Å². The highest BCUT2D eigenvalue weighted by atomic mass is 32.2. The molecule has 0 aliphatic carbocycles. The molecular formula is C18H20O2SSi. The summed E-state index contributed by atoms with van der Waals surface area (Å²) in [5.74, 6) is 1.21. The fourth-order valence-electron chi connectivity index (χ4n) is 2.62. The molecule has 2 nitrogen and oxygen atoms in total.